The lowest BCUT2D eigenvalue weighted by Crippen LogP contribution is -2.41. The maximum atomic E-state index is 12.0. The molecule has 0 aliphatic heterocycles. The summed E-state index contributed by atoms with van der Waals surface area (Å²) in [6.07, 6.45) is 0. The summed E-state index contributed by atoms with van der Waals surface area (Å²) in [5.74, 6) is 0.0306. The molecule has 0 fully saturated rings. The first-order valence-corrected chi connectivity index (χ1v) is 6.23. The van der Waals surface area contributed by atoms with Crippen LogP contribution in [0.5, 0.6) is 0 Å². The predicted molar refractivity (Wildman–Crippen MR) is 63.7 cm³/mol. The summed E-state index contributed by atoms with van der Waals surface area (Å²) in [6, 6.07) is 9.14. The molecule has 0 amide bonds. The van der Waals surface area contributed by atoms with Gasteiger partial charge in [-0.1, -0.05) is 41.7 Å². The lowest BCUT2D eigenvalue weighted by atomic mass is 10.1. The van der Waals surface area contributed by atoms with E-state index in [9.17, 15) is 9.90 Å². The van der Waals surface area contributed by atoms with Crippen molar-refractivity contribution in [3.8, 4) is 0 Å². The molecule has 0 radical (unpaired) electrons. The minimum atomic E-state index is -0.280. The Hall–Kier alpha value is -1.52. The third-order valence-electron chi connectivity index (χ3n) is 2.66. The van der Waals surface area contributed by atoms with E-state index in [1.54, 1.807) is 16.7 Å². The van der Waals surface area contributed by atoms with Gasteiger partial charge in [-0.2, -0.15) is 4.57 Å². The SMILES string of the molecule is Cc1sc[n+](CC(=O)c2ccccc2)c1C[O-]. The minimum absolute atomic E-state index is 0.0306. The summed E-state index contributed by atoms with van der Waals surface area (Å²) in [6.45, 7) is 1.87. The minimum Gasteiger partial charge on any atom is -0.847 e. The summed E-state index contributed by atoms with van der Waals surface area (Å²) in [5.41, 5.74) is 3.23. The van der Waals surface area contributed by atoms with Gasteiger partial charge in [0.05, 0.1) is 4.88 Å². The molecule has 0 N–H and O–H groups in total. The van der Waals surface area contributed by atoms with E-state index in [2.05, 4.69) is 0 Å². The van der Waals surface area contributed by atoms with Gasteiger partial charge in [0.2, 0.25) is 17.8 Å². The van der Waals surface area contributed by atoms with Crippen LogP contribution < -0.4 is 9.67 Å². The Morgan fingerprint density at radius 2 is 2.06 bits per heavy atom. The Labute approximate surface area is 104 Å². The van der Waals surface area contributed by atoms with Crippen LogP contribution in [0.1, 0.15) is 20.9 Å². The molecule has 3 nitrogen and oxygen atoms in total. The largest absolute Gasteiger partial charge is 0.847 e. The normalized spacial score (nSPS) is 10.5. The van der Waals surface area contributed by atoms with Crippen LogP contribution >= 0.6 is 11.3 Å². The molecule has 0 unspecified atom stereocenters. The second-order valence-corrected chi connectivity index (χ2v) is 4.85. The molecule has 0 spiro atoms. The van der Waals surface area contributed by atoms with Crippen LogP contribution in [-0.4, -0.2) is 5.78 Å². The van der Waals surface area contributed by atoms with E-state index in [-0.39, 0.29) is 18.9 Å². The number of rotatable bonds is 4. The number of nitrogens with zero attached hydrogens (tertiary/aromatic N) is 1. The van der Waals surface area contributed by atoms with Crippen molar-refractivity contribution in [3.05, 3.63) is 52.0 Å². The van der Waals surface area contributed by atoms with E-state index in [4.69, 9.17) is 0 Å². The fourth-order valence-electron chi connectivity index (χ4n) is 1.66. The molecule has 1 aromatic carbocycles. The van der Waals surface area contributed by atoms with Crippen molar-refractivity contribution in [2.45, 2.75) is 20.1 Å². The van der Waals surface area contributed by atoms with Crippen molar-refractivity contribution in [2.75, 3.05) is 0 Å². The summed E-state index contributed by atoms with van der Waals surface area (Å²) in [4.78, 5) is 13.0. The van der Waals surface area contributed by atoms with Crippen LogP contribution in [0.15, 0.2) is 35.8 Å². The van der Waals surface area contributed by atoms with Crippen LogP contribution in [0.3, 0.4) is 0 Å². The van der Waals surface area contributed by atoms with Gasteiger partial charge in [0.1, 0.15) is 0 Å². The maximum Gasteiger partial charge on any atom is 0.227 e. The molecule has 4 heteroatoms. The average Bonchev–Trinajstić information content (AvgIpc) is 2.71. The highest BCUT2D eigenvalue weighted by molar-refractivity contribution is 7.09. The predicted octanol–water partition coefficient (Wildman–Crippen LogP) is 1.09. The molecule has 0 atom stereocenters. The Morgan fingerprint density at radius 1 is 1.35 bits per heavy atom. The summed E-state index contributed by atoms with van der Waals surface area (Å²) in [5, 5.41) is 11.0. The van der Waals surface area contributed by atoms with Crippen LogP contribution in [0.4, 0.5) is 0 Å². The molecule has 1 heterocycles. The zero-order valence-electron chi connectivity index (χ0n) is 9.55. The van der Waals surface area contributed by atoms with Gasteiger partial charge in [-0.3, -0.25) is 4.79 Å². The zero-order chi connectivity index (χ0) is 12.3. The van der Waals surface area contributed by atoms with Crippen molar-refractivity contribution in [2.24, 2.45) is 0 Å². The Bertz CT molecular complexity index is 519. The smallest absolute Gasteiger partial charge is 0.227 e. The van der Waals surface area contributed by atoms with Crippen molar-refractivity contribution >= 4 is 17.1 Å². The Balaban J connectivity index is 2.19. The van der Waals surface area contributed by atoms with Crippen molar-refractivity contribution in [3.63, 3.8) is 0 Å². The maximum absolute atomic E-state index is 12.0. The number of Topliss-reactive ketones (excluding diaryl/α,β-unsaturated/α-hetero) is 1. The van der Waals surface area contributed by atoms with E-state index < -0.39 is 0 Å². The van der Waals surface area contributed by atoms with E-state index in [0.29, 0.717) is 11.3 Å². The van der Waals surface area contributed by atoms with Gasteiger partial charge in [-0.15, -0.1) is 0 Å². The van der Waals surface area contributed by atoms with Crippen LogP contribution in [0.25, 0.3) is 0 Å². The third kappa shape index (κ3) is 2.60. The zero-order valence-corrected chi connectivity index (χ0v) is 10.4. The number of ketones is 1. The van der Waals surface area contributed by atoms with Crippen molar-refractivity contribution in [1.29, 1.82) is 0 Å². The molecule has 1 aromatic heterocycles. The lowest BCUT2D eigenvalue weighted by Gasteiger charge is -2.02. The summed E-state index contributed by atoms with van der Waals surface area (Å²) in [7, 11) is 0. The topological polar surface area (TPSA) is 44.0 Å². The molecule has 88 valence electrons. The number of hydrogen-bond acceptors (Lipinski definition) is 3. The number of benzene rings is 1. The highest BCUT2D eigenvalue weighted by Gasteiger charge is 2.17. The second-order valence-electron chi connectivity index (χ2n) is 3.79. The van der Waals surface area contributed by atoms with Gasteiger partial charge in [-0.05, 0) is 13.5 Å². The van der Waals surface area contributed by atoms with Gasteiger partial charge < -0.3 is 5.11 Å². The molecule has 0 bridgehead atoms. The fraction of sp³-hybridized carbons (Fsp3) is 0.231. The van der Waals surface area contributed by atoms with Crippen LogP contribution in [-0.2, 0) is 13.2 Å². The highest BCUT2D eigenvalue weighted by atomic mass is 32.1. The van der Waals surface area contributed by atoms with Crippen LogP contribution in [0.2, 0.25) is 0 Å². The summed E-state index contributed by atoms with van der Waals surface area (Å²) < 4.78 is 1.75. The number of thiazole rings is 1. The van der Waals surface area contributed by atoms with Crippen LogP contribution in [0, 0.1) is 6.92 Å². The number of carbonyl (C=O) groups excluding carboxylic acids is 1. The summed E-state index contributed by atoms with van der Waals surface area (Å²) >= 11 is 1.50. The Kier molecular flexibility index (Phi) is 3.66. The Morgan fingerprint density at radius 3 is 2.71 bits per heavy atom. The second kappa shape index (κ2) is 5.21. The molecular formula is C13H13NO2S. The molecule has 17 heavy (non-hydrogen) atoms. The fourth-order valence-corrected chi connectivity index (χ4v) is 2.46. The van der Waals surface area contributed by atoms with E-state index in [0.717, 1.165) is 4.88 Å². The number of aromatic nitrogens is 1. The first kappa shape index (κ1) is 12.0. The van der Waals surface area contributed by atoms with Gasteiger partial charge in [0.15, 0.2) is 5.69 Å². The van der Waals surface area contributed by atoms with E-state index in [1.807, 2.05) is 30.6 Å². The van der Waals surface area contributed by atoms with Crippen molar-refractivity contribution in [1.82, 2.24) is 0 Å². The molecular weight excluding hydrogens is 234 g/mol. The standard InChI is InChI=1S/C13H13NO2S/c1-10-12(8-15)14(9-17-10)7-13(16)11-5-3-2-4-6-11/h2-6,9H,7-8H2,1H3. The highest BCUT2D eigenvalue weighted by Crippen LogP contribution is 2.09. The first-order chi connectivity index (χ1) is 8.22. The number of carbonyl (C=O) groups is 1. The molecule has 0 aliphatic carbocycles. The lowest BCUT2D eigenvalue weighted by molar-refractivity contribution is -0.695. The average molecular weight is 247 g/mol. The third-order valence-corrected chi connectivity index (χ3v) is 3.61. The quantitative estimate of drug-likeness (QED) is 0.599. The van der Waals surface area contributed by atoms with Gasteiger partial charge in [-0.25, -0.2) is 0 Å². The monoisotopic (exact) mass is 247 g/mol. The molecule has 2 rings (SSSR count). The van der Waals surface area contributed by atoms with Crippen molar-refractivity contribution < 1.29 is 14.5 Å². The van der Waals surface area contributed by atoms with Gasteiger partial charge >= 0.3 is 0 Å². The number of hydrogen-bond donors (Lipinski definition) is 0. The first-order valence-electron chi connectivity index (χ1n) is 5.35. The molecule has 0 aliphatic rings. The molecule has 2 aromatic rings. The van der Waals surface area contributed by atoms with E-state index in [1.165, 1.54) is 11.3 Å². The van der Waals surface area contributed by atoms with Gasteiger partial charge in [0, 0.05) is 5.56 Å². The molecule has 0 saturated heterocycles. The molecule has 0 saturated carbocycles. The van der Waals surface area contributed by atoms with Gasteiger partial charge in [0.25, 0.3) is 0 Å². The van der Waals surface area contributed by atoms with E-state index >= 15 is 0 Å². The number of aryl methyl sites for hydroxylation is 1.